The summed E-state index contributed by atoms with van der Waals surface area (Å²) in [4.78, 5) is 0. The van der Waals surface area contributed by atoms with Crippen LogP contribution >= 0.6 is 0 Å². The van der Waals surface area contributed by atoms with Crippen molar-refractivity contribution in [3.8, 4) is 11.8 Å². The molecule has 0 fully saturated rings. The molecule has 1 unspecified atom stereocenters. The lowest BCUT2D eigenvalue weighted by molar-refractivity contribution is -0.143. The van der Waals surface area contributed by atoms with Crippen LogP contribution in [0.4, 0.5) is 0 Å². The highest BCUT2D eigenvalue weighted by Crippen LogP contribution is 2.24. The summed E-state index contributed by atoms with van der Waals surface area (Å²) in [5.74, 6) is 6.53. The maximum absolute atomic E-state index is 10.5. The van der Waals surface area contributed by atoms with Crippen LogP contribution in [0.1, 0.15) is 38.3 Å². The Morgan fingerprint density at radius 1 is 0.917 bits per heavy atom. The zero-order valence-corrected chi connectivity index (χ0v) is 14.9. The van der Waals surface area contributed by atoms with Crippen LogP contribution < -0.4 is 0 Å². The Labute approximate surface area is 146 Å². The van der Waals surface area contributed by atoms with E-state index in [9.17, 15) is 5.21 Å². The summed E-state index contributed by atoms with van der Waals surface area (Å²) >= 11 is 0. The van der Waals surface area contributed by atoms with Gasteiger partial charge >= 0.3 is 0 Å². The average Bonchev–Trinajstić information content (AvgIpc) is 2.55. The van der Waals surface area contributed by atoms with E-state index in [2.05, 4.69) is 56.9 Å². The summed E-state index contributed by atoms with van der Waals surface area (Å²) in [7, 11) is 0. The van der Waals surface area contributed by atoms with E-state index in [0.717, 1.165) is 18.4 Å². The molecule has 0 radical (unpaired) electrons. The van der Waals surface area contributed by atoms with Gasteiger partial charge in [0.2, 0.25) is 0 Å². The molecule has 126 valence electrons. The Kier molecular flexibility index (Phi) is 6.61. The number of rotatable bonds is 5. The van der Waals surface area contributed by atoms with Crippen molar-refractivity contribution >= 4 is 0 Å². The third-order valence-corrected chi connectivity index (χ3v) is 3.93. The summed E-state index contributed by atoms with van der Waals surface area (Å²) in [5, 5.41) is 11.9. The first kappa shape index (κ1) is 18.3. The normalized spacial score (nSPS) is 12.5. The molecule has 2 heteroatoms. The zero-order valence-electron chi connectivity index (χ0n) is 14.9. The molecule has 0 amide bonds. The van der Waals surface area contributed by atoms with Gasteiger partial charge in [-0.15, -0.1) is 5.92 Å². The SMILES string of the molecule is CC(C)(C)C(C#CCCc1ccccc1)N(O)Cc1ccccc1. The lowest BCUT2D eigenvalue weighted by atomic mass is 9.86. The highest BCUT2D eigenvalue weighted by Gasteiger charge is 2.28. The second-order valence-electron chi connectivity index (χ2n) is 7.16. The van der Waals surface area contributed by atoms with Crippen LogP contribution in [0.2, 0.25) is 0 Å². The Morgan fingerprint density at radius 3 is 2.00 bits per heavy atom. The van der Waals surface area contributed by atoms with E-state index in [-0.39, 0.29) is 11.5 Å². The highest BCUT2D eigenvalue weighted by molar-refractivity contribution is 5.19. The molecule has 2 aromatic carbocycles. The molecule has 0 aliphatic carbocycles. The minimum Gasteiger partial charge on any atom is -0.312 e. The maximum atomic E-state index is 10.5. The minimum atomic E-state index is -0.200. The second-order valence-corrected chi connectivity index (χ2v) is 7.16. The van der Waals surface area contributed by atoms with Crippen molar-refractivity contribution in [2.45, 2.75) is 46.2 Å². The van der Waals surface area contributed by atoms with Gasteiger partial charge in [-0.2, -0.15) is 5.06 Å². The van der Waals surface area contributed by atoms with E-state index in [1.54, 1.807) is 0 Å². The number of aryl methyl sites for hydroxylation is 1. The first-order chi connectivity index (χ1) is 11.5. The molecule has 0 bridgehead atoms. The summed E-state index contributed by atoms with van der Waals surface area (Å²) in [6, 6.07) is 20.2. The lowest BCUT2D eigenvalue weighted by Gasteiger charge is -2.32. The third kappa shape index (κ3) is 5.85. The molecule has 24 heavy (non-hydrogen) atoms. The van der Waals surface area contributed by atoms with Gasteiger partial charge in [-0.05, 0) is 23.0 Å². The van der Waals surface area contributed by atoms with Crippen molar-refractivity contribution in [1.29, 1.82) is 0 Å². The number of hydrogen-bond acceptors (Lipinski definition) is 2. The fraction of sp³-hybridized carbons (Fsp3) is 0.364. The zero-order chi connectivity index (χ0) is 17.4. The van der Waals surface area contributed by atoms with Gasteiger partial charge in [0, 0.05) is 6.42 Å². The topological polar surface area (TPSA) is 23.5 Å². The quantitative estimate of drug-likeness (QED) is 0.623. The molecular weight excluding hydrogens is 294 g/mol. The molecule has 0 aromatic heterocycles. The van der Waals surface area contributed by atoms with Crippen LogP contribution in [0.15, 0.2) is 60.7 Å². The second kappa shape index (κ2) is 8.68. The van der Waals surface area contributed by atoms with Crippen LogP contribution in [0.5, 0.6) is 0 Å². The molecule has 2 aromatic rings. The molecule has 0 aliphatic rings. The number of benzene rings is 2. The molecule has 0 saturated carbocycles. The molecule has 2 nitrogen and oxygen atoms in total. The van der Waals surface area contributed by atoms with Crippen LogP contribution in [-0.4, -0.2) is 16.3 Å². The molecule has 0 saturated heterocycles. The van der Waals surface area contributed by atoms with Gasteiger partial charge in [0.25, 0.3) is 0 Å². The van der Waals surface area contributed by atoms with Gasteiger partial charge in [0.05, 0.1) is 6.54 Å². The third-order valence-electron chi connectivity index (χ3n) is 3.93. The monoisotopic (exact) mass is 321 g/mol. The van der Waals surface area contributed by atoms with E-state index >= 15 is 0 Å². The first-order valence-corrected chi connectivity index (χ1v) is 8.48. The smallest absolute Gasteiger partial charge is 0.101 e. The molecule has 1 N–H and O–H groups in total. The van der Waals surface area contributed by atoms with E-state index in [1.165, 1.54) is 10.6 Å². The van der Waals surface area contributed by atoms with E-state index < -0.39 is 0 Å². The Hall–Kier alpha value is -2.08. The summed E-state index contributed by atoms with van der Waals surface area (Å²) < 4.78 is 0. The van der Waals surface area contributed by atoms with Crippen molar-refractivity contribution in [3.05, 3.63) is 71.8 Å². The van der Waals surface area contributed by atoms with Gasteiger partial charge < -0.3 is 5.21 Å². The van der Waals surface area contributed by atoms with Gasteiger partial charge in [-0.3, -0.25) is 0 Å². The average molecular weight is 321 g/mol. The van der Waals surface area contributed by atoms with Gasteiger partial charge in [0.1, 0.15) is 6.04 Å². The fourth-order valence-corrected chi connectivity index (χ4v) is 2.62. The summed E-state index contributed by atoms with van der Waals surface area (Å²) in [5.41, 5.74) is 2.26. The molecule has 2 rings (SSSR count). The van der Waals surface area contributed by atoms with Crippen LogP contribution in [0.3, 0.4) is 0 Å². The first-order valence-electron chi connectivity index (χ1n) is 8.48. The van der Waals surface area contributed by atoms with Crippen molar-refractivity contribution in [3.63, 3.8) is 0 Å². The van der Waals surface area contributed by atoms with Crippen molar-refractivity contribution in [1.82, 2.24) is 5.06 Å². The number of hydroxylamine groups is 2. The standard InChI is InChI=1S/C22H27NO/c1-22(2,3)21(23(24)18-20-15-8-5-9-16-20)17-11-10-14-19-12-6-4-7-13-19/h4-9,12-13,15-16,21,24H,10,14,18H2,1-3H3. The molecule has 0 aliphatic heterocycles. The van der Waals surface area contributed by atoms with Crippen LogP contribution in [0.25, 0.3) is 0 Å². The fourth-order valence-electron chi connectivity index (χ4n) is 2.62. The Bertz CT molecular complexity index is 662. The van der Waals surface area contributed by atoms with Gasteiger partial charge in [0.15, 0.2) is 0 Å². The summed E-state index contributed by atoms with van der Waals surface area (Å²) in [6.07, 6.45) is 1.74. The molecular formula is C22H27NO. The Balaban J connectivity index is 1.99. The molecule has 0 heterocycles. The number of hydrogen-bond donors (Lipinski definition) is 1. The van der Waals surface area contributed by atoms with Crippen molar-refractivity contribution in [2.75, 3.05) is 0 Å². The minimum absolute atomic E-state index is 0.122. The Morgan fingerprint density at radius 2 is 1.46 bits per heavy atom. The van der Waals surface area contributed by atoms with Crippen molar-refractivity contribution < 1.29 is 5.21 Å². The predicted molar refractivity (Wildman–Crippen MR) is 99.6 cm³/mol. The van der Waals surface area contributed by atoms with E-state index in [4.69, 9.17) is 0 Å². The van der Waals surface area contributed by atoms with E-state index in [1.807, 2.05) is 36.4 Å². The predicted octanol–water partition coefficient (Wildman–Crippen LogP) is 4.93. The van der Waals surface area contributed by atoms with Crippen LogP contribution in [0, 0.1) is 17.3 Å². The molecule has 0 spiro atoms. The lowest BCUT2D eigenvalue weighted by Crippen LogP contribution is -2.40. The van der Waals surface area contributed by atoms with E-state index in [0.29, 0.717) is 6.54 Å². The van der Waals surface area contributed by atoms with Crippen molar-refractivity contribution in [2.24, 2.45) is 5.41 Å². The molecule has 1 atom stereocenters. The van der Waals surface area contributed by atoms with Gasteiger partial charge in [-0.25, -0.2) is 0 Å². The van der Waals surface area contributed by atoms with Gasteiger partial charge in [-0.1, -0.05) is 87.4 Å². The summed E-state index contributed by atoms with van der Waals surface area (Å²) in [6.45, 7) is 6.81. The van der Waals surface area contributed by atoms with Crippen LogP contribution in [-0.2, 0) is 13.0 Å². The number of nitrogens with zero attached hydrogens (tertiary/aromatic N) is 1. The maximum Gasteiger partial charge on any atom is 0.101 e. The largest absolute Gasteiger partial charge is 0.312 e. The highest BCUT2D eigenvalue weighted by atomic mass is 16.5.